The third-order valence-corrected chi connectivity index (χ3v) is 3.97. The lowest BCUT2D eigenvalue weighted by Gasteiger charge is -2.28. The Labute approximate surface area is 143 Å². The standard InChI is InChI=1S/C16H28ClN3O3/c1-7-11-13(17)12(20(6)19-11)8-16(5,10-21)9-18-14(22)23-15(2,3)4/h21H,7-10H2,1-6H3,(H,18,22). The zero-order valence-electron chi connectivity index (χ0n) is 14.9. The summed E-state index contributed by atoms with van der Waals surface area (Å²) >= 11 is 6.37. The number of rotatable bonds is 6. The van der Waals surface area contributed by atoms with Crippen LogP contribution in [0.15, 0.2) is 0 Å². The average Bonchev–Trinajstić information content (AvgIpc) is 2.71. The molecule has 0 aliphatic rings. The molecule has 1 atom stereocenters. The van der Waals surface area contributed by atoms with Gasteiger partial charge in [0.1, 0.15) is 5.60 Å². The van der Waals surface area contributed by atoms with Crippen molar-refractivity contribution in [2.45, 2.75) is 53.1 Å². The molecule has 0 aromatic carbocycles. The summed E-state index contributed by atoms with van der Waals surface area (Å²) in [7, 11) is 1.83. The van der Waals surface area contributed by atoms with Crippen molar-refractivity contribution in [3.8, 4) is 0 Å². The fraction of sp³-hybridized carbons (Fsp3) is 0.750. The van der Waals surface area contributed by atoms with E-state index >= 15 is 0 Å². The van der Waals surface area contributed by atoms with Crippen molar-refractivity contribution in [3.05, 3.63) is 16.4 Å². The van der Waals surface area contributed by atoms with Gasteiger partial charge in [-0.15, -0.1) is 0 Å². The van der Waals surface area contributed by atoms with Crippen LogP contribution in [0, 0.1) is 5.41 Å². The minimum atomic E-state index is -0.556. The third-order valence-electron chi connectivity index (χ3n) is 3.54. The average molecular weight is 346 g/mol. The fourth-order valence-corrected chi connectivity index (χ4v) is 2.55. The van der Waals surface area contributed by atoms with Gasteiger partial charge in [-0.2, -0.15) is 5.10 Å². The van der Waals surface area contributed by atoms with Crippen LogP contribution in [0.5, 0.6) is 0 Å². The molecule has 1 aromatic rings. The Morgan fingerprint density at radius 2 is 2.00 bits per heavy atom. The van der Waals surface area contributed by atoms with E-state index in [1.165, 1.54) is 0 Å². The van der Waals surface area contributed by atoms with Gasteiger partial charge in [0.05, 0.1) is 23.0 Å². The molecule has 1 unspecified atom stereocenters. The number of ether oxygens (including phenoxy) is 1. The van der Waals surface area contributed by atoms with E-state index in [1.54, 1.807) is 25.5 Å². The van der Waals surface area contributed by atoms with Gasteiger partial charge in [0.25, 0.3) is 0 Å². The van der Waals surface area contributed by atoms with Crippen molar-refractivity contribution in [3.63, 3.8) is 0 Å². The highest BCUT2D eigenvalue weighted by atomic mass is 35.5. The highest BCUT2D eigenvalue weighted by Gasteiger charge is 2.29. The summed E-state index contributed by atoms with van der Waals surface area (Å²) in [6.07, 6.45) is 0.753. The Hall–Kier alpha value is -1.27. The highest BCUT2D eigenvalue weighted by molar-refractivity contribution is 6.31. The maximum Gasteiger partial charge on any atom is 0.407 e. The van der Waals surface area contributed by atoms with E-state index in [4.69, 9.17) is 16.3 Å². The van der Waals surface area contributed by atoms with Crippen molar-refractivity contribution in [1.82, 2.24) is 15.1 Å². The second-order valence-electron chi connectivity index (χ2n) is 7.19. The topological polar surface area (TPSA) is 76.4 Å². The molecule has 1 rings (SSSR count). The van der Waals surface area contributed by atoms with E-state index in [0.717, 1.165) is 17.8 Å². The zero-order chi connectivity index (χ0) is 17.8. The molecule has 0 aliphatic heterocycles. The van der Waals surface area contributed by atoms with Crippen molar-refractivity contribution in [2.24, 2.45) is 12.5 Å². The second-order valence-corrected chi connectivity index (χ2v) is 7.56. The molecule has 0 spiro atoms. The SMILES string of the molecule is CCc1nn(C)c(CC(C)(CO)CNC(=O)OC(C)(C)C)c1Cl. The molecule has 1 amide bonds. The second kappa shape index (κ2) is 7.53. The van der Waals surface area contributed by atoms with E-state index in [9.17, 15) is 9.90 Å². The van der Waals surface area contributed by atoms with Crippen molar-refractivity contribution < 1.29 is 14.6 Å². The molecule has 0 saturated carbocycles. The van der Waals surface area contributed by atoms with Crippen molar-refractivity contribution in [1.29, 1.82) is 0 Å². The van der Waals surface area contributed by atoms with Crippen LogP contribution in [-0.2, 0) is 24.6 Å². The third kappa shape index (κ3) is 5.70. The minimum Gasteiger partial charge on any atom is -0.444 e. The minimum absolute atomic E-state index is 0.0915. The Kier molecular flexibility index (Phi) is 6.48. The van der Waals surface area contributed by atoms with E-state index in [1.807, 2.05) is 20.9 Å². The van der Waals surface area contributed by atoms with Gasteiger partial charge in [-0.1, -0.05) is 25.4 Å². The van der Waals surface area contributed by atoms with Crippen LogP contribution in [-0.4, -0.2) is 39.7 Å². The van der Waals surface area contributed by atoms with Crippen LogP contribution < -0.4 is 5.32 Å². The number of amides is 1. The predicted octanol–water partition coefficient (Wildman–Crippen LogP) is 2.70. The molecule has 0 aliphatic carbocycles. The Balaban J connectivity index is 2.78. The monoisotopic (exact) mass is 345 g/mol. The number of aromatic nitrogens is 2. The number of aryl methyl sites for hydroxylation is 2. The smallest absolute Gasteiger partial charge is 0.407 e. The number of aliphatic hydroxyl groups is 1. The van der Waals surface area contributed by atoms with Gasteiger partial charge >= 0.3 is 6.09 Å². The maximum absolute atomic E-state index is 11.8. The summed E-state index contributed by atoms with van der Waals surface area (Å²) in [6, 6.07) is 0. The van der Waals surface area contributed by atoms with E-state index < -0.39 is 17.1 Å². The first-order chi connectivity index (χ1) is 10.5. The van der Waals surface area contributed by atoms with Crippen LogP contribution in [0.2, 0.25) is 5.02 Å². The number of nitrogens with one attached hydrogen (secondary N) is 1. The van der Waals surface area contributed by atoms with Crippen LogP contribution in [0.3, 0.4) is 0 Å². The van der Waals surface area contributed by atoms with Gasteiger partial charge in [0.2, 0.25) is 0 Å². The van der Waals surface area contributed by atoms with Gasteiger partial charge in [-0.3, -0.25) is 4.68 Å². The molecule has 0 radical (unpaired) electrons. The number of halogens is 1. The first-order valence-electron chi connectivity index (χ1n) is 7.79. The lowest BCUT2D eigenvalue weighted by molar-refractivity contribution is 0.0477. The molecule has 7 heteroatoms. The molecule has 6 nitrogen and oxygen atoms in total. The number of nitrogens with zero attached hydrogens (tertiary/aromatic N) is 2. The number of carbonyl (C=O) groups excluding carboxylic acids is 1. The van der Waals surface area contributed by atoms with Crippen LogP contribution in [0.4, 0.5) is 4.79 Å². The largest absolute Gasteiger partial charge is 0.444 e. The highest BCUT2D eigenvalue weighted by Crippen LogP contribution is 2.28. The molecule has 23 heavy (non-hydrogen) atoms. The molecule has 132 valence electrons. The summed E-state index contributed by atoms with van der Waals surface area (Å²) in [5, 5.41) is 17.5. The summed E-state index contributed by atoms with van der Waals surface area (Å²) < 4.78 is 6.96. The molecule has 1 aromatic heterocycles. The molecule has 0 bridgehead atoms. The van der Waals surface area contributed by atoms with Gasteiger partial charge in [-0.25, -0.2) is 4.79 Å². The first-order valence-corrected chi connectivity index (χ1v) is 8.17. The normalized spacial score (nSPS) is 14.4. The Morgan fingerprint density at radius 1 is 1.39 bits per heavy atom. The molecule has 2 N–H and O–H groups in total. The fourth-order valence-electron chi connectivity index (χ4n) is 2.19. The summed E-state index contributed by atoms with van der Waals surface area (Å²) in [6.45, 7) is 9.48. The van der Waals surface area contributed by atoms with Gasteiger partial charge < -0.3 is 15.2 Å². The molecular weight excluding hydrogens is 318 g/mol. The lowest BCUT2D eigenvalue weighted by atomic mass is 9.86. The number of carbonyl (C=O) groups is 1. The molecule has 1 heterocycles. The van der Waals surface area contributed by atoms with Crippen LogP contribution in [0.25, 0.3) is 0 Å². The quantitative estimate of drug-likeness (QED) is 0.831. The first kappa shape index (κ1) is 19.8. The van der Waals surface area contributed by atoms with Crippen molar-refractivity contribution in [2.75, 3.05) is 13.2 Å². The maximum atomic E-state index is 11.8. The van der Waals surface area contributed by atoms with E-state index in [2.05, 4.69) is 10.4 Å². The number of aliphatic hydroxyl groups excluding tert-OH is 1. The number of alkyl carbamates (subject to hydrolysis) is 1. The molecule has 0 saturated heterocycles. The van der Waals surface area contributed by atoms with Gasteiger partial charge in [-0.05, 0) is 27.2 Å². The zero-order valence-corrected chi connectivity index (χ0v) is 15.6. The summed E-state index contributed by atoms with van der Waals surface area (Å²) in [5.74, 6) is 0. The van der Waals surface area contributed by atoms with Gasteiger partial charge in [0.15, 0.2) is 0 Å². The summed E-state index contributed by atoms with van der Waals surface area (Å²) in [4.78, 5) is 11.8. The predicted molar refractivity (Wildman–Crippen MR) is 90.7 cm³/mol. The lowest BCUT2D eigenvalue weighted by Crippen LogP contribution is -2.42. The van der Waals surface area contributed by atoms with E-state index in [0.29, 0.717) is 11.4 Å². The summed E-state index contributed by atoms with van der Waals surface area (Å²) in [5.41, 5.74) is 0.580. The number of hydrogen-bond donors (Lipinski definition) is 2. The number of hydrogen-bond acceptors (Lipinski definition) is 4. The molecule has 0 fully saturated rings. The Morgan fingerprint density at radius 3 is 2.43 bits per heavy atom. The molecular formula is C16H28ClN3O3. The Bertz CT molecular complexity index is 552. The van der Waals surface area contributed by atoms with Crippen LogP contribution in [0.1, 0.15) is 46.0 Å². The van der Waals surface area contributed by atoms with Gasteiger partial charge in [0, 0.05) is 25.4 Å². The van der Waals surface area contributed by atoms with E-state index in [-0.39, 0.29) is 13.2 Å². The van der Waals surface area contributed by atoms with Crippen molar-refractivity contribution >= 4 is 17.7 Å². The van der Waals surface area contributed by atoms with Crippen LogP contribution >= 0.6 is 11.6 Å².